The molecule has 0 aromatic heterocycles. The topological polar surface area (TPSA) is 298 Å². The van der Waals surface area contributed by atoms with Gasteiger partial charge < -0.3 is 63.6 Å². The molecule has 0 spiro atoms. The molecular formula is C12H25O19P3. The van der Waals surface area contributed by atoms with Crippen LogP contribution >= 0.6 is 23.5 Å². The summed E-state index contributed by atoms with van der Waals surface area (Å²) in [4.78, 5) is 54.8. The highest BCUT2D eigenvalue weighted by atomic mass is 31.2. The van der Waals surface area contributed by atoms with Crippen LogP contribution in [0.2, 0.25) is 0 Å². The molecule has 0 aromatic carbocycles. The van der Waals surface area contributed by atoms with Crippen LogP contribution in [0.1, 0.15) is 0 Å². The first-order valence-corrected chi connectivity index (χ1v) is 13.7. The summed E-state index contributed by atoms with van der Waals surface area (Å²) >= 11 is 0. The SMILES string of the molecule is CO[C@@H]1O[C@H](CO)[C@@H](O[C@H]2O[C@@H](CO)[C@@H](OP(=O)(O)O)[C@H](OP(=O)(O)O)[C@@H]2O)[C@H]1OP(=O)(O)O. The molecule has 9 atom stereocenters. The molecular weight excluding hydrogens is 541 g/mol. The first-order chi connectivity index (χ1) is 15.5. The second kappa shape index (κ2) is 11.6. The number of ether oxygens (including phenoxy) is 4. The monoisotopic (exact) mass is 566 g/mol. The molecule has 2 saturated heterocycles. The standard InChI is InChI=1S/C12H25O19P3/c1-25-12-10(31-34(22,23)24)7(4(2-13)27-12)28-11-6(15)9(30-33(19,20)21)8(5(3-14)26-11)29-32(16,17)18/h4-15H,2-3H2,1H3,(H2,16,17,18)(H2,19,20,21)(H2,22,23,24)/t4-,5+,6+,7-,8-,9-,10-,11-,12-/m1/s1. The van der Waals surface area contributed by atoms with E-state index in [1.54, 1.807) is 0 Å². The number of rotatable bonds is 11. The normalized spacial score (nSPS) is 37.8. The Morgan fingerprint density at radius 2 is 1.09 bits per heavy atom. The molecule has 202 valence electrons. The first kappa shape index (κ1) is 30.3. The van der Waals surface area contributed by atoms with E-state index in [0.717, 1.165) is 7.11 Å². The van der Waals surface area contributed by atoms with Crippen LogP contribution in [-0.4, -0.2) is 120 Å². The molecule has 2 aliphatic rings. The number of phosphoric acid groups is 3. The van der Waals surface area contributed by atoms with Gasteiger partial charge in [0.15, 0.2) is 12.6 Å². The van der Waals surface area contributed by atoms with E-state index in [4.69, 9.17) is 48.3 Å². The Labute approximate surface area is 190 Å². The molecule has 0 unspecified atom stereocenters. The van der Waals surface area contributed by atoms with Crippen LogP contribution in [0.15, 0.2) is 0 Å². The second-order valence-electron chi connectivity index (χ2n) is 6.96. The molecule has 0 saturated carbocycles. The van der Waals surface area contributed by atoms with E-state index in [2.05, 4.69) is 13.6 Å². The van der Waals surface area contributed by atoms with E-state index < -0.39 is 92.0 Å². The van der Waals surface area contributed by atoms with E-state index in [9.17, 15) is 29.0 Å². The Morgan fingerprint density at radius 1 is 0.676 bits per heavy atom. The molecule has 0 aromatic rings. The highest BCUT2D eigenvalue weighted by Crippen LogP contribution is 2.48. The molecule has 0 amide bonds. The average molecular weight is 566 g/mol. The van der Waals surface area contributed by atoms with Crippen molar-refractivity contribution in [3.63, 3.8) is 0 Å². The number of hydrogen-bond donors (Lipinski definition) is 9. The zero-order chi connectivity index (χ0) is 26.1. The molecule has 2 aliphatic heterocycles. The molecule has 34 heavy (non-hydrogen) atoms. The van der Waals surface area contributed by atoms with Gasteiger partial charge in [0.2, 0.25) is 0 Å². The van der Waals surface area contributed by atoms with Gasteiger partial charge in [0.1, 0.15) is 42.7 Å². The summed E-state index contributed by atoms with van der Waals surface area (Å²) in [7, 11) is -15.0. The predicted octanol–water partition coefficient (Wildman–Crippen LogP) is -3.75. The Bertz CT molecular complexity index is 806. The van der Waals surface area contributed by atoms with Gasteiger partial charge in [-0.2, -0.15) is 0 Å². The van der Waals surface area contributed by atoms with Crippen LogP contribution in [0, 0.1) is 0 Å². The number of phosphoric ester groups is 3. The summed E-state index contributed by atoms with van der Waals surface area (Å²) in [6, 6.07) is 0. The maximum atomic E-state index is 11.4. The minimum absolute atomic E-state index is 0.829. The molecule has 0 bridgehead atoms. The van der Waals surface area contributed by atoms with Gasteiger partial charge in [0, 0.05) is 7.11 Å². The van der Waals surface area contributed by atoms with Crippen molar-refractivity contribution < 1.29 is 90.9 Å². The summed E-state index contributed by atoms with van der Waals surface area (Å²) in [5.41, 5.74) is 0. The largest absolute Gasteiger partial charge is 0.470 e. The molecule has 22 heteroatoms. The lowest BCUT2D eigenvalue weighted by atomic mass is 9.99. The van der Waals surface area contributed by atoms with Crippen molar-refractivity contribution in [2.24, 2.45) is 0 Å². The molecule has 9 N–H and O–H groups in total. The van der Waals surface area contributed by atoms with Crippen molar-refractivity contribution in [1.29, 1.82) is 0 Å². The van der Waals surface area contributed by atoms with E-state index in [-0.39, 0.29) is 0 Å². The molecule has 0 radical (unpaired) electrons. The van der Waals surface area contributed by atoms with Gasteiger partial charge >= 0.3 is 23.5 Å². The maximum absolute atomic E-state index is 11.4. The van der Waals surface area contributed by atoms with Crippen LogP contribution in [0.3, 0.4) is 0 Å². The van der Waals surface area contributed by atoms with Crippen LogP contribution in [0.25, 0.3) is 0 Å². The van der Waals surface area contributed by atoms with E-state index in [1.807, 2.05) is 0 Å². The number of methoxy groups -OCH3 is 1. The molecule has 2 heterocycles. The third-order valence-electron chi connectivity index (χ3n) is 4.54. The quantitative estimate of drug-likeness (QED) is 0.108. The van der Waals surface area contributed by atoms with Crippen LogP contribution in [0.4, 0.5) is 0 Å². The minimum atomic E-state index is -5.44. The van der Waals surface area contributed by atoms with Gasteiger partial charge in [-0.15, -0.1) is 0 Å². The highest BCUT2D eigenvalue weighted by Gasteiger charge is 2.55. The number of aliphatic hydroxyl groups excluding tert-OH is 3. The van der Waals surface area contributed by atoms with Gasteiger partial charge in [0.25, 0.3) is 0 Å². The lowest BCUT2D eigenvalue weighted by molar-refractivity contribution is -0.313. The van der Waals surface area contributed by atoms with Crippen LogP contribution < -0.4 is 0 Å². The minimum Gasteiger partial charge on any atom is -0.394 e. The Morgan fingerprint density at radius 3 is 1.53 bits per heavy atom. The lowest BCUT2D eigenvalue weighted by Gasteiger charge is -2.44. The fraction of sp³-hybridized carbons (Fsp3) is 1.00. The zero-order valence-corrected chi connectivity index (χ0v) is 19.7. The first-order valence-electron chi connectivity index (χ1n) is 9.10. The number of hydrogen-bond acceptors (Lipinski definition) is 13. The summed E-state index contributed by atoms with van der Waals surface area (Å²) in [5, 5.41) is 29.7. The van der Waals surface area contributed by atoms with Gasteiger partial charge in [0.05, 0.1) is 13.2 Å². The van der Waals surface area contributed by atoms with Gasteiger partial charge in [-0.25, -0.2) is 13.7 Å². The number of aliphatic hydroxyl groups is 3. The third-order valence-corrected chi connectivity index (χ3v) is 6.10. The Balaban J connectivity index is 2.38. The van der Waals surface area contributed by atoms with Crippen molar-refractivity contribution in [2.75, 3.05) is 20.3 Å². The summed E-state index contributed by atoms with van der Waals surface area (Å²) in [5.74, 6) is 0. The maximum Gasteiger partial charge on any atom is 0.470 e. The lowest BCUT2D eigenvalue weighted by Crippen LogP contribution is -2.61. The summed E-state index contributed by atoms with van der Waals surface area (Å²) in [6.07, 6.45) is -16.8. The zero-order valence-electron chi connectivity index (χ0n) is 17.1. The Kier molecular flexibility index (Phi) is 10.3. The van der Waals surface area contributed by atoms with Crippen molar-refractivity contribution in [3.05, 3.63) is 0 Å². The highest BCUT2D eigenvalue weighted by molar-refractivity contribution is 7.46. The third kappa shape index (κ3) is 8.29. The van der Waals surface area contributed by atoms with E-state index in [1.165, 1.54) is 0 Å². The molecule has 2 fully saturated rings. The van der Waals surface area contributed by atoms with Gasteiger partial charge in [-0.05, 0) is 0 Å². The predicted molar refractivity (Wildman–Crippen MR) is 100 cm³/mol. The van der Waals surface area contributed by atoms with Crippen molar-refractivity contribution in [2.45, 2.75) is 55.3 Å². The summed E-state index contributed by atoms with van der Waals surface area (Å²) < 4.78 is 68.1. The fourth-order valence-electron chi connectivity index (χ4n) is 3.34. The molecule has 19 nitrogen and oxygen atoms in total. The van der Waals surface area contributed by atoms with Crippen LogP contribution in [0.5, 0.6) is 0 Å². The van der Waals surface area contributed by atoms with Crippen molar-refractivity contribution in [3.8, 4) is 0 Å². The fourth-order valence-corrected chi connectivity index (χ4v) is 5.01. The second-order valence-corrected chi connectivity index (χ2v) is 10.5. The van der Waals surface area contributed by atoms with Crippen molar-refractivity contribution in [1.82, 2.24) is 0 Å². The van der Waals surface area contributed by atoms with Crippen molar-refractivity contribution >= 4 is 23.5 Å². The molecule has 0 aliphatic carbocycles. The average Bonchev–Trinajstić information content (AvgIpc) is 2.99. The van der Waals surface area contributed by atoms with E-state index in [0.29, 0.717) is 0 Å². The van der Waals surface area contributed by atoms with Gasteiger partial charge in [-0.3, -0.25) is 13.6 Å². The molecule has 2 rings (SSSR count). The van der Waals surface area contributed by atoms with Crippen LogP contribution in [-0.2, 0) is 46.2 Å². The van der Waals surface area contributed by atoms with E-state index >= 15 is 0 Å². The summed E-state index contributed by atoms with van der Waals surface area (Å²) in [6.45, 7) is -1.92. The van der Waals surface area contributed by atoms with Gasteiger partial charge in [-0.1, -0.05) is 0 Å². The Hall–Kier alpha value is 0.0500. The smallest absolute Gasteiger partial charge is 0.394 e.